The van der Waals surface area contributed by atoms with Crippen molar-refractivity contribution in [3.8, 4) is 0 Å². The minimum atomic E-state index is -3.74. The Morgan fingerprint density at radius 2 is 1.83 bits per heavy atom. The second kappa shape index (κ2) is 5.77. The zero-order chi connectivity index (χ0) is 16.8. The van der Waals surface area contributed by atoms with Crippen LogP contribution in [0.4, 0.5) is 4.79 Å². The number of nitrogens with one attached hydrogen (secondary N) is 1. The van der Waals surface area contributed by atoms with E-state index >= 15 is 0 Å². The molecule has 3 unspecified atom stereocenters. The highest BCUT2D eigenvalue weighted by atomic mass is 35.5. The first-order valence-corrected chi connectivity index (χ1v) is 9.07. The number of benzene rings is 1. The fourth-order valence-electron chi connectivity index (χ4n) is 3.24. The fraction of sp³-hybridized carbons (Fsp3) is 0.429. The van der Waals surface area contributed by atoms with Gasteiger partial charge in [-0.1, -0.05) is 18.0 Å². The molecule has 1 aromatic carbocycles. The van der Waals surface area contributed by atoms with Gasteiger partial charge in [0.25, 0.3) is 5.91 Å². The summed E-state index contributed by atoms with van der Waals surface area (Å²) < 4.78 is 25.7. The topological polar surface area (TPSA) is 104 Å². The van der Waals surface area contributed by atoms with Gasteiger partial charge < -0.3 is 5.32 Å². The Hall–Kier alpha value is -1.64. The van der Waals surface area contributed by atoms with Gasteiger partial charge in [-0.3, -0.25) is 10.0 Å². The lowest BCUT2D eigenvalue weighted by Gasteiger charge is -2.41. The zero-order valence-corrected chi connectivity index (χ0v) is 13.5. The molecule has 1 aromatic rings. The molecule has 9 heteroatoms. The first-order valence-electron chi connectivity index (χ1n) is 7.15. The molecule has 1 saturated heterocycles. The molecule has 7 nitrogen and oxygen atoms in total. The lowest BCUT2D eigenvalue weighted by molar-refractivity contribution is -0.163. The molecule has 2 N–H and O–H groups in total. The van der Waals surface area contributed by atoms with Gasteiger partial charge in [0.2, 0.25) is 0 Å². The monoisotopic (exact) mass is 358 g/mol. The van der Waals surface area contributed by atoms with Gasteiger partial charge in [-0.25, -0.2) is 13.2 Å². The smallest absolute Gasteiger partial charge is 0.331 e. The van der Waals surface area contributed by atoms with Crippen molar-refractivity contribution in [2.24, 2.45) is 5.92 Å². The highest BCUT2D eigenvalue weighted by Gasteiger charge is 2.50. The van der Waals surface area contributed by atoms with Gasteiger partial charge in [0.1, 0.15) is 0 Å². The van der Waals surface area contributed by atoms with Crippen molar-refractivity contribution in [1.29, 1.82) is 0 Å². The van der Waals surface area contributed by atoms with Crippen molar-refractivity contribution in [2.45, 2.75) is 35.4 Å². The molecule has 3 rings (SSSR count). The molecule has 124 valence electrons. The molecule has 1 saturated carbocycles. The van der Waals surface area contributed by atoms with Gasteiger partial charge in [0.05, 0.1) is 22.1 Å². The summed E-state index contributed by atoms with van der Waals surface area (Å²) in [6.45, 7) is 0. The maximum atomic E-state index is 12.9. The predicted molar refractivity (Wildman–Crippen MR) is 80.7 cm³/mol. The standard InChI is InChI=1S/C14H15ClN2O5S/c15-8-4-6-9(7-5-8)23(21,22)11-3-1-2-10-12(11)16-14(19)17(20)13(10)18/h4-7,10-12,20H,1-3H2,(H,16,19). The maximum absolute atomic E-state index is 12.9. The van der Waals surface area contributed by atoms with Crippen molar-refractivity contribution < 1.29 is 23.2 Å². The van der Waals surface area contributed by atoms with Crippen LogP contribution in [0, 0.1) is 5.92 Å². The van der Waals surface area contributed by atoms with Crippen LogP contribution in [0.15, 0.2) is 29.2 Å². The van der Waals surface area contributed by atoms with E-state index in [1.165, 1.54) is 24.3 Å². The van der Waals surface area contributed by atoms with Crippen LogP contribution in [-0.2, 0) is 14.6 Å². The van der Waals surface area contributed by atoms with E-state index in [1.807, 2.05) is 0 Å². The van der Waals surface area contributed by atoms with E-state index in [9.17, 15) is 23.2 Å². The Balaban J connectivity index is 1.97. The van der Waals surface area contributed by atoms with E-state index < -0.39 is 39.0 Å². The summed E-state index contributed by atoms with van der Waals surface area (Å²) in [5.41, 5.74) is 0. The molecule has 23 heavy (non-hydrogen) atoms. The summed E-state index contributed by atoms with van der Waals surface area (Å²) in [5, 5.41) is 11.4. The Labute approximate surface area is 138 Å². The lowest BCUT2D eigenvalue weighted by atomic mass is 9.82. The predicted octanol–water partition coefficient (Wildman–Crippen LogP) is 1.59. The number of halogens is 1. The van der Waals surface area contributed by atoms with Gasteiger partial charge in [-0.2, -0.15) is 0 Å². The van der Waals surface area contributed by atoms with E-state index in [1.54, 1.807) is 0 Å². The molecule has 0 aromatic heterocycles. The van der Waals surface area contributed by atoms with Gasteiger partial charge in [0.15, 0.2) is 9.84 Å². The second-order valence-electron chi connectivity index (χ2n) is 5.70. The summed E-state index contributed by atoms with van der Waals surface area (Å²) in [6, 6.07) is 3.95. The third kappa shape index (κ3) is 2.71. The van der Waals surface area contributed by atoms with Crippen molar-refractivity contribution in [1.82, 2.24) is 10.4 Å². The summed E-state index contributed by atoms with van der Waals surface area (Å²) in [4.78, 5) is 23.8. The number of hydrogen-bond acceptors (Lipinski definition) is 5. The largest absolute Gasteiger partial charge is 0.348 e. The number of amides is 3. The Morgan fingerprint density at radius 1 is 1.17 bits per heavy atom. The van der Waals surface area contributed by atoms with Gasteiger partial charge in [-0.15, -0.1) is 5.06 Å². The average molecular weight is 359 g/mol. The van der Waals surface area contributed by atoms with Crippen LogP contribution in [0.3, 0.4) is 0 Å². The summed E-state index contributed by atoms with van der Waals surface area (Å²) >= 11 is 5.78. The third-order valence-electron chi connectivity index (χ3n) is 4.39. The first kappa shape index (κ1) is 16.2. The van der Waals surface area contributed by atoms with Crippen LogP contribution in [0.5, 0.6) is 0 Å². The number of carbonyl (C=O) groups excluding carboxylic acids is 2. The minimum absolute atomic E-state index is 0.0262. The van der Waals surface area contributed by atoms with Crippen molar-refractivity contribution >= 4 is 33.4 Å². The average Bonchev–Trinajstić information content (AvgIpc) is 2.52. The van der Waals surface area contributed by atoms with E-state index in [4.69, 9.17) is 11.6 Å². The number of rotatable bonds is 2. The highest BCUT2D eigenvalue weighted by Crippen LogP contribution is 2.35. The Bertz CT molecular complexity index is 749. The minimum Gasteiger partial charge on any atom is -0.331 e. The summed E-state index contributed by atoms with van der Waals surface area (Å²) in [6.07, 6.45) is 1.28. The van der Waals surface area contributed by atoms with Crippen molar-refractivity contribution in [3.05, 3.63) is 29.3 Å². The van der Waals surface area contributed by atoms with Gasteiger partial charge in [0, 0.05) is 5.02 Å². The van der Waals surface area contributed by atoms with E-state index in [-0.39, 0.29) is 9.96 Å². The molecule has 0 spiro atoms. The molecule has 2 fully saturated rings. The molecule has 3 atom stereocenters. The van der Waals surface area contributed by atoms with Crippen LogP contribution in [0.1, 0.15) is 19.3 Å². The molecule has 1 aliphatic heterocycles. The molecule has 3 amide bonds. The molecule has 2 aliphatic rings. The van der Waals surface area contributed by atoms with Crippen LogP contribution in [-0.4, -0.2) is 41.9 Å². The SMILES string of the molecule is O=C1NC2C(CCCC2S(=O)(=O)c2ccc(Cl)cc2)C(=O)N1O. The highest BCUT2D eigenvalue weighted by molar-refractivity contribution is 7.92. The number of sulfone groups is 1. The Kier molecular flexibility index (Phi) is 4.07. The van der Waals surface area contributed by atoms with Crippen molar-refractivity contribution in [2.75, 3.05) is 0 Å². The second-order valence-corrected chi connectivity index (χ2v) is 8.30. The van der Waals surface area contributed by atoms with E-state index in [2.05, 4.69) is 5.32 Å². The van der Waals surface area contributed by atoms with Crippen LogP contribution in [0.2, 0.25) is 5.02 Å². The first-order chi connectivity index (χ1) is 10.8. The van der Waals surface area contributed by atoms with Crippen LogP contribution >= 0.6 is 11.6 Å². The molecular weight excluding hydrogens is 344 g/mol. The van der Waals surface area contributed by atoms with Crippen LogP contribution < -0.4 is 5.32 Å². The van der Waals surface area contributed by atoms with Crippen LogP contribution in [0.25, 0.3) is 0 Å². The number of nitrogens with zero attached hydrogens (tertiary/aromatic N) is 1. The number of imide groups is 1. The number of hydrogen-bond donors (Lipinski definition) is 2. The molecule has 0 bridgehead atoms. The maximum Gasteiger partial charge on any atom is 0.348 e. The Morgan fingerprint density at radius 3 is 2.48 bits per heavy atom. The number of hydroxylamine groups is 2. The molecular formula is C14H15ClN2O5S. The third-order valence-corrected chi connectivity index (χ3v) is 6.89. The summed E-state index contributed by atoms with van der Waals surface area (Å²) in [7, 11) is -3.74. The number of fused-ring (bicyclic) bond motifs is 1. The number of carbonyl (C=O) groups is 2. The molecule has 1 aliphatic carbocycles. The lowest BCUT2D eigenvalue weighted by Crippen LogP contribution is -2.64. The zero-order valence-electron chi connectivity index (χ0n) is 12.0. The number of urea groups is 1. The van der Waals surface area contributed by atoms with E-state index in [0.29, 0.717) is 24.3 Å². The summed E-state index contributed by atoms with van der Waals surface area (Å²) in [5.74, 6) is -1.49. The van der Waals surface area contributed by atoms with Gasteiger partial charge >= 0.3 is 6.03 Å². The fourth-order valence-corrected chi connectivity index (χ4v) is 5.35. The quantitative estimate of drug-likeness (QED) is 0.781. The van der Waals surface area contributed by atoms with Crippen molar-refractivity contribution in [3.63, 3.8) is 0 Å². The molecule has 0 radical (unpaired) electrons. The van der Waals surface area contributed by atoms with Gasteiger partial charge in [-0.05, 0) is 37.1 Å². The normalized spacial score (nSPS) is 28.3. The van der Waals surface area contributed by atoms with E-state index in [0.717, 1.165) is 0 Å². The molecule has 1 heterocycles.